The molecule has 0 aromatic heterocycles. The van der Waals surface area contributed by atoms with Crippen LogP contribution >= 0.6 is 15.9 Å². The summed E-state index contributed by atoms with van der Waals surface area (Å²) in [5.74, 6) is 0.230. The minimum atomic E-state index is 0.230. The van der Waals surface area contributed by atoms with E-state index < -0.39 is 0 Å². The molecule has 0 heterocycles. The average Bonchev–Trinajstić information content (AvgIpc) is 2.45. The second-order valence-corrected chi connectivity index (χ2v) is 5.41. The summed E-state index contributed by atoms with van der Waals surface area (Å²) in [5.41, 5.74) is 2.90. The molecule has 0 unspecified atom stereocenters. The molecule has 0 aliphatic rings. The van der Waals surface area contributed by atoms with E-state index in [4.69, 9.17) is 0 Å². The van der Waals surface area contributed by atoms with E-state index in [9.17, 15) is 4.79 Å². The minimum Gasteiger partial charge on any atom is -0.294 e. The largest absolute Gasteiger partial charge is 0.294 e. The summed E-state index contributed by atoms with van der Waals surface area (Å²) < 4.78 is 1.02. The Kier molecular flexibility index (Phi) is 4.92. The summed E-state index contributed by atoms with van der Waals surface area (Å²) in [4.78, 5) is 12.3. The Bertz CT molecular complexity index is 575. The van der Waals surface area contributed by atoms with Gasteiger partial charge in [-0.25, -0.2) is 0 Å². The molecule has 0 N–H and O–H groups in total. The number of ketones is 1. The summed E-state index contributed by atoms with van der Waals surface area (Å²) in [6.45, 7) is 2.10. The Labute approximate surface area is 122 Å². The quantitative estimate of drug-likeness (QED) is 0.667. The fraction of sp³-hybridized carbons (Fsp3) is 0.235. The molecule has 1 nitrogen and oxygen atoms in total. The summed E-state index contributed by atoms with van der Waals surface area (Å²) >= 11 is 3.56. The number of carbonyl (C=O) groups is 1. The van der Waals surface area contributed by atoms with Crippen molar-refractivity contribution in [2.24, 2.45) is 0 Å². The van der Waals surface area contributed by atoms with Crippen LogP contribution in [0.3, 0.4) is 0 Å². The van der Waals surface area contributed by atoms with Gasteiger partial charge in [0.15, 0.2) is 5.78 Å². The lowest BCUT2D eigenvalue weighted by Crippen LogP contribution is -2.01. The standard InChI is InChI=1S/C17H17BrO/c1-2-3-12-17(19)15-10-5-4-8-13(15)14-9-6-7-11-16(14)18/h4-11H,2-3,12H2,1H3. The Balaban J connectivity index is 2.42. The first-order valence-electron chi connectivity index (χ1n) is 6.61. The molecule has 0 spiro atoms. The number of Topliss-reactive ketones (excluding diaryl/α,β-unsaturated/α-hetero) is 1. The van der Waals surface area contributed by atoms with Crippen LogP contribution in [0.4, 0.5) is 0 Å². The van der Waals surface area contributed by atoms with E-state index in [0.29, 0.717) is 6.42 Å². The Morgan fingerprint density at radius 2 is 1.63 bits per heavy atom. The topological polar surface area (TPSA) is 17.1 Å². The third-order valence-electron chi connectivity index (χ3n) is 3.15. The number of benzene rings is 2. The molecule has 0 aliphatic carbocycles. The van der Waals surface area contributed by atoms with Gasteiger partial charge in [0, 0.05) is 16.5 Å². The van der Waals surface area contributed by atoms with E-state index in [1.165, 1.54) is 0 Å². The molecule has 2 heteroatoms. The maximum Gasteiger partial charge on any atom is 0.163 e. The summed E-state index contributed by atoms with van der Waals surface area (Å²) in [7, 11) is 0. The molecule has 2 aromatic rings. The number of carbonyl (C=O) groups excluding carboxylic acids is 1. The molecule has 0 radical (unpaired) electrons. The summed E-state index contributed by atoms with van der Waals surface area (Å²) in [6, 6.07) is 15.9. The van der Waals surface area contributed by atoms with Gasteiger partial charge >= 0.3 is 0 Å². The first-order valence-corrected chi connectivity index (χ1v) is 7.40. The highest BCUT2D eigenvalue weighted by Gasteiger charge is 2.13. The fourth-order valence-electron chi connectivity index (χ4n) is 2.11. The molecular formula is C17H17BrO. The van der Waals surface area contributed by atoms with Crippen LogP contribution in [0.2, 0.25) is 0 Å². The molecule has 0 saturated heterocycles. The van der Waals surface area contributed by atoms with Gasteiger partial charge in [0.25, 0.3) is 0 Å². The summed E-state index contributed by atoms with van der Waals surface area (Å²) in [6.07, 6.45) is 2.62. The number of hydrogen-bond donors (Lipinski definition) is 0. The third kappa shape index (κ3) is 3.32. The van der Waals surface area contributed by atoms with Crippen LogP contribution < -0.4 is 0 Å². The molecule has 2 aromatic carbocycles. The number of halogens is 1. The van der Waals surface area contributed by atoms with Gasteiger partial charge in [-0.1, -0.05) is 71.7 Å². The van der Waals surface area contributed by atoms with Gasteiger partial charge in [-0.05, 0) is 23.6 Å². The van der Waals surface area contributed by atoms with Crippen LogP contribution in [0, 0.1) is 0 Å². The van der Waals surface area contributed by atoms with Crippen LogP contribution in [0.15, 0.2) is 53.0 Å². The average molecular weight is 317 g/mol. The monoisotopic (exact) mass is 316 g/mol. The highest BCUT2D eigenvalue weighted by molar-refractivity contribution is 9.10. The number of rotatable bonds is 5. The molecule has 0 bridgehead atoms. The van der Waals surface area contributed by atoms with Crippen LogP contribution in [0.1, 0.15) is 36.5 Å². The van der Waals surface area contributed by atoms with Gasteiger partial charge in [0.2, 0.25) is 0 Å². The van der Waals surface area contributed by atoms with Crippen LogP contribution in [-0.2, 0) is 0 Å². The van der Waals surface area contributed by atoms with E-state index in [1.54, 1.807) is 0 Å². The molecule has 0 saturated carbocycles. The second kappa shape index (κ2) is 6.67. The number of hydrogen-bond acceptors (Lipinski definition) is 1. The van der Waals surface area contributed by atoms with Gasteiger partial charge in [-0.3, -0.25) is 4.79 Å². The van der Waals surface area contributed by atoms with Gasteiger partial charge in [-0.15, -0.1) is 0 Å². The Morgan fingerprint density at radius 1 is 1.00 bits per heavy atom. The van der Waals surface area contributed by atoms with Crippen molar-refractivity contribution in [3.8, 4) is 11.1 Å². The lowest BCUT2D eigenvalue weighted by Gasteiger charge is -2.10. The molecule has 0 amide bonds. The molecule has 19 heavy (non-hydrogen) atoms. The normalized spacial score (nSPS) is 10.4. The van der Waals surface area contributed by atoms with Crippen molar-refractivity contribution in [1.82, 2.24) is 0 Å². The zero-order valence-corrected chi connectivity index (χ0v) is 12.6. The zero-order valence-electron chi connectivity index (χ0n) is 11.0. The zero-order chi connectivity index (χ0) is 13.7. The molecule has 0 aliphatic heterocycles. The van der Waals surface area contributed by atoms with E-state index >= 15 is 0 Å². The smallest absolute Gasteiger partial charge is 0.163 e. The first-order chi connectivity index (χ1) is 9.24. The maximum atomic E-state index is 12.3. The van der Waals surface area contributed by atoms with E-state index in [0.717, 1.165) is 34.0 Å². The molecule has 0 atom stereocenters. The molecule has 0 fully saturated rings. The predicted octanol–water partition coefficient (Wildman–Crippen LogP) is 5.49. The Morgan fingerprint density at radius 3 is 2.32 bits per heavy atom. The first kappa shape index (κ1) is 14.0. The van der Waals surface area contributed by atoms with Crippen LogP contribution in [-0.4, -0.2) is 5.78 Å². The van der Waals surface area contributed by atoms with Crippen molar-refractivity contribution in [2.75, 3.05) is 0 Å². The lowest BCUT2D eigenvalue weighted by molar-refractivity contribution is 0.0980. The van der Waals surface area contributed by atoms with Crippen molar-refractivity contribution in [3.63, 3.8) is 0 Å². The van der Waals surface area contributed by atoms with Crippen molar-refractivity contribution in [1.29, 1.82) is 0 Å². The second-order valence-electron chi connectivity index (χ2n) is 4.55. The predicted molar refractivity (Wildman–Crippen MR) is 83.4 cm³/mol. The van der Waals surface area contributed by atoms with Gasteiger partial charge in [0.05, 0.1) is 0 Å². The third-order valence-corrected chi connectivity index (χ3v) is 3.84. The SMILES string of the molecule is CCCCC(=O)c1ccccc1-c1ccccc1Br. The summed E-state index contributed by atoms with van der Waals surface area (Å²) in [5, 5.41) is 0. The van der Waals surface area contributed by atoms with E-state index in [-0.39, 0.29) is 5.78 Å². The van der Waals surface area contributed by atoms with Gasteiger partial charge in [-0.2, -0.15) is 0 Å². The van der Waals surface area contributed by atoms with Gasteiger partial charge in [0.1, 0.15) is 0 Å². The van der Waals surface area contributed by atoms with Crippen LogP contribution in [0.25, 0.3) is 11.1 Å². The van der Waals surface area contributed by atoms with E-state index in [2.05, 4.69) is 22.9 Å². The molecule has 98 valence electrons. The van der Waals surface area contributed by atoms with Crippen LogP contribution in [0.5, 0.6) is 0 Å². The molecular weight excluding hydrogens is 300 g/mol. The van der Waals surface area contributed by atoms with Gasteiger partial charge < -0.3 is 0 Å². The van der Waals surface area contributed by atoms with Crippen molar-refractivity contribution >= 4 is 21.7 Å². The lowest BCUT2D eigenvalue weighted by atomic mass is 9.95. The highest BCUT2D eigenvalue weighted by Crippen LogP contribution is 2.31. The molecule has 2 rings (SSSR count). The number of unbranched alkanes of at least 4 members (excludes halogenated alkanes) is 1. The highest BCUT2D eigenvalue weighted by atomic mass is 79.9. The van der Waals surface area contributed by atoms with E-state index in [1.807, 2.05) is 48.5 Å². The minimum absolute atomic E-state index is 0.230. The van der Waals surface area contributed by atoms with Crippen molar-refractivity contribution in [3.05, 3.63) is 58.6 Å². The maximum absolute atomic E-state index is 12.3. The Hall–Kier alpha value is -1.41. The van der Waals surface area contributed by atoms with Crippen molar-refractivity contribution in [2.45, 2.75) is 26.2 Å². The van der Waals surface area contributed by atoms with Crippen molar-refractivity contribution < 1.29 is 4.79 Å². The fourth-order valence-corrected chi connectivity index (χ4v) is 2.61.